The van der Waals surface area contributed by atoms with Gasteiger partial charge in [-0.25, -0.2) is 4.79 Å². The van der Waals surface area contributed by atoms with Crippen LogP contribution in [0.1, 0.15) is 28.4 Å². The molecule has 3 N–H and O–H groups in total. The van der Waals surface area contributed by atoms with E-state index in [0.29, 0.717) is 12.1 Å². The van der Waals surface area contributed by atoms with E-state index >= 15 is 0 Å². The zero-order chi connectivity index (χ0) is 19.2. The van der Waals surface area contributed by atoms with Crippen LogP contribution in [0, 0.1) is 0 Å². The smallest absolute Gasteiger partial charge is 0.324 e. The Kier molecular flexibility index (Phi) is 5.83. The maximum atomic E-state index is 12.5. The van der Waals surface area contributed by atoms with E-state index in [2.05, 4.69) is 16.0 Å². The first kappa shape index (κ1) is 18.6. The minimum absolute atomic E-state index is 0.0334. The highest BCUT2D eigenvalue weighted by molar-refractivity contribution is 6.04. The van der Waals surface area contributed by atoms with E-state index in [9.17, 15) is 14.4 Å². The first-order valence-corrected chi connectivity index (χ1v) is 8.85. The molecule has 0 aromatic heterocycles. The number of hydrogen-bond acceptors (Lipinski definition) is 4. The number of urea groups is 1. The zero-order valence-electron chi connectivity index (χ0n) is 15.1. The van der Waals surface area contributed by atoms with Crippen molar-refractivity contribution < 1.29 is 14.4 Å². The number of rotatable bonds is 7. The Labute approximate surface area is 157 Å². The number of carbonyl (C=O) groups is 3. The Hall–Kier alpha value is -3.19. The summed E-state index contributed by atoms with van der Waals surface area (Å²) < 4.78 is 0. The lowest BCUT2D eigenvalue weighted by atomic mass is 10.1. The van der Waals surface area contributed by atoms with Crippen LogP contribution >= 0.6 is 0 Å². The molecule has 7 nitrogen and oxygen atoms in total. The highest BCUT2D eigenvalue weighted by Gasteiger charge is 2.28. The lowest BCUT2D eigenvalue weighted by Crippen LogP contribution is -2.30. The van der Waals surface area contributed by atoms with Crippen LogP contribution in [0.2, 0.25) is 0 Å². The van der Waals surface area contributed by atoms with Gasteiger partial charge in [-0.1, -0.05) is 37.3 Å². The number of amides is 4. The van der Waals surface area contributed by atoms with E-state index in [1.807, 2.05) is 31.2 Å². The van der Waals surface area contributed by atoms with Crippen molar-refractivity contribution in [1.29, 1.82) is 0 Å². The van der Waals surface area contributed by atoms with Gasteiger partial charge < -0.3 is 16.0 Å². The molecular formula is C20H22N4O3. The zero-order valence-corrected chi connectivity index (χ0v) is 15.1. The Balaban J connectivity index is 1.66. The van der Waals surface area contributed by atoms with E-state index in [0.717, 1.165) is 28.3 Å². The highest BCUT2D eigenvalue weighted by atomic mass is 16.2. The molecule has 3 rings (SSSR count). The summed E-state index contributed by atoms with van der Waals surface area (Å²) in [5.41, 5.74) is 3.08. The van der Waals surface area contributed by atoms with Crippen LogP contribution in [0.5, 0.6) is 0 Å². The van der Waals surface area contributed by atoms with Gasteiger partial charge in [0.1, 0.15) is 0 Å². The Morgan fingerprint density at radius 2 is 1.85 bits per heavy atom. The van der Waals surface area contributed by atoms with E-state index in [-0.39, 0.29) is 30.9 Å². The number of para-hydroxylation sites is 1. The Morgan fingerprint density at radius 1 is 1.11 bits per heavy atom. The molecule has 0 atom stereocenters. The second-order valence-corrected chi connectivity index (χ2v) is 6.23. The minimum atomic E-state index is -0.390. The van der Waals surface area contributed by atoms with Crippen molar-refractivity contribution in [1.82, 2.24) is 15.5 Å². The van der Waals surface area contributed by atoms with Gasteiger partial charge in [0.15, 0.2) is 0 Å². The molecule has 27 heavy (non-hydrogen) atoms. The third kappa shape index (κ3) is 4.51. The monoisotopic (exact) mass is 366 g/mol. The van der Waals surface area contributed by atoms with Crippen molar-refractivity contribution >= 4 is 23.5 Å². The molecule has 0 spiro atoms. The molecule has 0 bridgehead atoms. The van der Waals surface area contributed by atoms with Crippen molar-refractivity contribution in [3.05, 3.63) is 65.2 Å². The molecule has 140 valence electrons. The maximum Gasteiger partial charge on any atom is 0.324 e. The molecule has 2 aromatic rings. The molecule has 1 aliphatic rings. The fourth-order valence-corrected chi connectivity index (χ4v) is 2.81. The average Bonchev–Trinajstić information content (AvgIpc) is 3.00. The average molecular weight is 366 g/mol. The topological polar surface area (TPSA) is 90.5 Å². The fraction of sp³-hybridized carbons (Fsp3) is 0.250. The maximum absolute atomic E-state index is 12.5. The van der Waals surface area contributed by atoms with Crippen molar-refractivity contribution in [2.45, 2.75) is 20.0 Å². The number of hydrogen-bond donors (Lipinski definition) is 3. The number of carbonyl (C=O) groups excluding carboxylic acids is 3. The molecular weight excluding hydrogens is 344 g/mol. The summed E-state index contributed by atoms with van der Waals surface area (Å²) in [4.78, 5) is 36.9. The van der Waals surface area contributed by atoms with Crippen LogP contribution in [0.4, 0.5) is 10.5 Å². The van der Waals surface area contributed by atoms with Crippen LogP contribution in [0.3, 0.4) is 0 Å². The quantitative estimate of drug-likeness (QED) is 0.655. The minimum Gasteiger partial charge on any atom is -0.329 e. The molecule has 0 saturated carbocycles. The van der Waals surface area contributed by atoms with Crippen molar-refractivity contribution in [2.24, 2.45) is 0 Å². The van der Waals surface area contributed by atoms with Crippen LogP contribution in [0.25, 0.3) is 0 Å². The predicted molar refractivity (Wildman–Crippen MR) is 102 cm³/mol. The molecule has 2 aromatic carbocycles. The first-order chi connectivity index (χ1) is 13.1. The van der Waals surface area contributed by atoms with Gasteiger partial charge in [-0.05, 0) is 35.9 Å². The molecule has 1 aliphatic heterocycles. The summed E-state index contributed by atoms with van der Waals surface area (Å²) in [6.07, 6.45) is 0. The lowest BCUT2D eigenvalue weighted by Gasteiger charge is -2.13. The van der Waals surface area contributed by atoms with E-state index < -0.39 is 0 Å². The second kappa shape index (κ2) is 8.46. The molecule has 7 heteroatoms. The van der Waals surface area contributed by atoms with Gasteiger partial charge in [0.05, 0.1) is 13.1 Å². The number of nitrogens with zero attached hydrogens (tertiary/aromatic N) is 1. The standard InChI is InChI=1S/C20H22N4O3/c1-2-21-11-16-5-3-4-6-17(16)23-19(26)15-9-7-14(8-10-15)13-24-18(25)12-22-20(24)27/h3-10,21H,2,11-13H2,1H3,(H,22,27)(H,23,26). The van der Waals surface area contributed by atoms with Crippen molar-refractivity contribution in [2.75, 3.05) is 18.4 Å². The molecule has 1 fully saturated rings. The summed E-state index contributed by atoms with van der Waals surface area (Å²) in [6.45, 7) is 3.78. The van der Waals surface area contributed by atoms with E-state index in [1.165, 1.54) is 0 Å². The summed E-state index contributed by atoms with van der Waals surface area (Å²) in [5.74, 6) is -0.459. The fourth-order valence-electron chi connectivity index (χ4n) is 2.81. The summed E-state index contributed by atoms with van der Waals surface area (Å²) in [7, 11) is 0. The number of nitrogens with one attached hydrogen (secondary N) is 3. The number of benzene rings is 2. The largest absolute Gasteiger partial charge is 0.329 e. The number of anilines is 1. The summed E-state index contributed by atoms with van der Waals surface area (Å²) in [5, 5.41) is 8.67. The van der Waals surface area contributed by atoms with Crippen LogP contribution < -0.4 is 16.0 Å². The second-order valence-electron chi connectivity index (χ2n) is 6.23. The van der Waals surface area contributed by atoms with Crippen molar-refractivity contribution in [3.63, 3.8) is 0 Å². The van der Waals surface area contributed by atoms with Gasteiger partial charge >= 0.3 is 6.03 Å². The lowest BCUT2D eigenvalue weighted by molar-refractivity contribution is -0.125. The van der Waals surface area contributed by atoms with Crippen molar-refractivity contribution in [3.8, 4) is 0 Å². The van der Waals surface area contributed by atoms with Gasteiger partial charge in [-0.15, -0.1) is 0 Å². The Morgan fingerprint density at radius 3 is 2.52 bits per heavy atom. The molecule has 0 unspecified atom stereocenters. The van der Waals surface area contributed by atoms with E-state index in [1.54, 1.807) is 24.3 Å². The summed E-state index contributed by atoms with van der Waals surface area (Å²) >= 11 is 0. The van der Waals surface area contributed by atoms with Crippen LogP contribution in [-0.2, 0) is 17.9 Å². The normalized spacial score (nSPS) is 13.6. The molecule has 1 saturated heterocycles. The summed E-state index contributed by atoms with van der Waals surface area (Å²) in [6, 6.07) is 14.1. The Bertz CT molecular complexity index is 833. The predicted octanol–water partition coefficient (Wildman–Crippen LogP) is 2.10. The third-order valence-corrected chi connectivity index (χ3v) is 4.32. The van der Waals surface area contributed by atoms with Gasteiger partial charge in [-0.2, -0.15) is 0 Å². The van der Waals surface area contributed by atoms with Gasteiger partial charge in [-0.3, -0.25) is 14.5 Å². The third-order valence-electron chi connectivity index (χ3n) is 4.32. The van der Waals surface area contributed by atoms with Gasteiger partial charge in [0, 0.05) is 17.8 Å². The van der Waals surface area contributed by atoms with Gasteiger partial charge in [0.25, 0.3) is 5.91 Å². The highest BCUT2D eigenvalue weighted by Crippen LogP contribution is 2.17. The van der Waals surface area contributed by atoms with Gasteiger partial charge in [0.2, 0.25) is 5.91 Å². The van der Waals surface area contributed by atoms with Crippen LogP contribution in [-0.4, -0.2) is 35.8 Å². The SMILES string of the molecule is CCNCc1ccccc1NC(=O)c1ccc(CN2C(=O)CNC2=O)cc1. The molecule has 4 amide bonds. The van der Waals surface area contributed by atoms with E-state index in [4.69, 9.17) is 0 Å². The molecule has 0 radical (unpaired) electrons. The molecule has 0 aliphatic carbocycles. The van der Waals surface area contributed by atoms with Crippen LogP contribution in [0.15, 0.2) is 48.5 Å². The number of imide groups is 1. The first-order valence-electron chi connectivity index (χ1n) is 8.85. The molecule has 1 heterocycles.